The quantitative estimate of drug-likeness (QED) is 0.817. The van der Waals surface area contributed by atoms with E-state index in [-0.39, 0.29) is 5.91 Å². The van der Waals surface area contributed by atoms with Gasteiger partial charge >= 0.3 is 0 Å². The van der Waals surface area contributed by atoms with Gasteiger partial charge in [-0.05, 0) is 30.5 Å². The molecule has 0 saturated carbocycles. The first-order chi connectivity index (χ1) is 13.8. The summed E-state index contributed by atoms with van der Waals surface area (Å²) in [6.07, 6.45) is 6.87. The number of anilines is 1. The zero-order valence-corrected chi connectivity index (χ0v) is 16.6. The maximum atomic E-state index is 13.0. The highest BCUT2D eigenvalue weighted by Crippen LogP contribution is 2.20. The third-order valence-electron chi connectivity index (χ3n) is 5.84. The summed E-state index contributed by atoms with van der Waals surface area (Å²) in [5, 5.41) is 0. The fourth-order valence-corrected chi connectivity index (χ4v) is 4.17. The zero-order chi connectivity index (χ0) is 19.2. The second kappa shape index (κ2) is 9.20. The number of carbonyl (C=O) groups is 1. The lowest BCUT2D eigenvalue weighted by molar-refractivity contribution is 0.0623. The van der Waals surface area contributed by atoms with E-state index >= 15 is 0 Å². The van der Waals surface area contributed by atoms with Gasteiger partial charge in [0.05, 0.1) is 0 Å². The third-order valence-corrected chi connectivity index (χ3v) is 5.84. The van der Waals surface area contributed by atoms with E-state index in [9.17, 15) is 4.79 Å². The molecule has 0 atom stereocenters. The van der Waals surface area contributed by atoms with Crippen LogP contribution >= 0.6 is 0 Å². The topological polar surface area (TPSA) is 39.7 Å². The van der Waals surface area contributed by atoms with Gasteiger partial charge in [0.1, 0.15) is 5.69 Å². The van der Waals surface area contributed by atoms with Crippen LogP contribution in [0.2, 0.25) is 0 Å². The average molecular weight is 379 g/mol. The van der Waals surface area contributed by atoms with Crippen LogP contribution in [0.4, 0.5) is 5.69 Å². The molecule has 148 valence electrons. The number of hydrogen-bond acceptors (Lipinski definition) is 4. The molecule has 5 heteroatoms. The van der Waals surface area contributed by atoms with E-state index in [4.69, 9.17) is 0 Å². The fourth-order valence-electron chi connectivity index (χ4n) is 4.17. The predicted octanol–water partition coefficient (Wildman–Crippen LogP) is 3.42. The molecule has 28 heavy (non-hydrogen) atoms. The van der Waals surface area contributed by atoms with Crippen LogP contribution in [0.5, 0.6) is 0 Å². The highest BCUT2D eigenvalue weighted by molar-refractivity contribution is 5.93. The highest BCUT2D eigenvalue weighted by Gasteiger charge is 2.23. The van der Waals surface area contributed by atoms with Crippen molar-refractivity contribution in [3.05, 3.63) is 59.9 Å². The van der Waals surface area contributed by atoms with Crippen molar-refractivity contribution in [2.24, 2.45) is 0 Å². The maximum Gasteiger partial charge on any atom is 0.272 e. The van der Waals surface area contributed by atoms with Crippen LogP contribution in [0.25, 0.3) is 0 Å². The van der Waals surface area contributed by atoms with E-state index in [1.54, 1.807) is 6.20 Å². The Balaban J connectivity index is 1.35. The maximum absolute atomic E-state index is 13.0. The molecule has 2 saturated heterocycles. The standard InChI is InChI=1S/C23H30N4O/c28-23(22-18-21(10-11-24-22)26-12-6-1-2-7-13-26)27-16-14-25(15-17-27)19-20-8-4-3-5-9-20/h3-5,8-11,18H,1-2,6-7,12-17,19H2. The molecule has 0 spiro atoms. The van der Waals surface area contributed by atoms with Crippen LogP contribution in [0, 0.1) is 0 Å². The van der Waals surface area contributed by atoms with Gasteiger partial charge in [0, 0.05) is 57.7 Å². The molecule has 3 heterocycles. The zero-order valence-electron chi connectivity index (χ0n) is 16.6. The Morgan fingerprint density at radius 3 is 2.29 bits per heavy atom. The van der Waals surface area contributed by atoms with E-state index in [0.717, 1.165) is 51.5 Å². The van der Waals surface area contributed by atoms with Crippen LogP contribution in [0.15, 0.2) is 48.7 Å². The minimum absolute atomic E-state index is 0.0658. The van der Waals surface area contributed by atoms with E-state index < -0.39 is 0 Å². The van der Waals surface area contributed by atoms with E-state index in [1.165, 1.54) is 31.2 Å². The second-order valence-corrected chi connectivity index (χ2v) is 7.85. The summed E-state index contributed by atoms with van der Waals surface area (Å²) in [6, 6.07) is 14.6. The monoisotopic (exact) mass is 378 g/mol. The van der Waals surface area contributed by atoms with Crippen molar-refractivity contribution < 1.29 is 4.79 Å². The molecule has 1 amide bonds. The van der Waals surface area contributed by atoms with Crippen molar-refractivity contribution in [2.75, 3.05) is 44.2 Å². The Bertz CT molecular complexity index is 763. The Morgan fingerprint density at radius 1 is 0.857 bits per heavy atom. The minimum Gasteiger partial charge on any atom is -0.371 e. The lowest BCUT2D eigenvalue weighted by atomic mass is 10.2. The molecule has 1 aromatic carbocycles. The molecule has 2 aliphatic heterocycles. The molecule has 0 bridgehead atoms. The molecule has 0 aliphatic carbocycles. The molecule has 0 N–H and O–H groups in total. The average Bonchev–Trinajstić information content (AvgIpc) is 3.04. The van der Waals surface area contributed by atoms with Crippen molar-refractivity contribution in [1.29, 1.82) is 0 Å². The Labute approximate surface area is 168 Å². The first-order valence-electron chi connectivity index (χ1n) is 10.6. The molecule has 2 aliphatic rings. The number of hydrogen-bond donors (Lipinski definition) is 0. The van der Waals surface area contributed by atoms with Crippen LogP contribution in [0.1, 0.15) is 41.7 Å². The molecular formula is C23H30N4O. The smallest absolute Gasteiger partial charge is 0.272 e. The number of piperazine rings is 1. The summed E-state index contributed by atoms with van der Waals surface area (Å²) in [4.78, 5) is 24.2. The summed E-state index contributed by atoms with van der Waals surface area (Å²) in [6.45, 7) is 6.46. The summed E-state index contributed by atoms with van der Waals surface area (Å²) in [5.74, 6) is 0.0658. The third kappa shape index (κ3) is 4.71. The van der Waals surface area contributed by atoms with Crippen molar-refractivity contribution >= 4 is 11.6 Å². The Kier molecular flexibility index (Phi) is 6.22. The van der Waals surface area contributed by atoms with Gasteiger partial charge in [0.25, 0.3) is 5.91 Å². The summed E-state index contributed by atoms with van der Waals surface area (Å²) >= 11 is 0. The molecular weight excluding hydrogens is 348 g/mol. The van der Waals surface area contributed by atoms with Crippen molar-refractivity contribution in [3.8, 4) is 0 Å². The van der Waals surface area contributed by atoms with Gasteiger partial charge in [0.15, 0.2) is 0 Å². The summed E-state index contributed by atoms with van der Waals surface area (Å²) < 4.78 is 0. The number of pyridine rings is 1. The summed E-state index contributed by atoms with van der Waals surface area (Å²) in [7, 11) is 0. The first-order valence-corrected chi connectivity index (χ1v) is 10.6. The van der Waals surface area contributed by atoms with Crippen molar-refractivity contribution in [3.63, 3.8) is 0 Å². The number of rotatable bonds is 4. The van der Waals surface area contributed by atoms with E-state index in [0.29, 0.717) is 5.69 Å². The molecule has 0 unspecified atom stereocenters. The normalized spacial score (nSPS) is 18.7. The van der Waals surface area contributed by atoms with Gasteiger partial charge in [-0.2, -0.15) is 0 Å². The molecule has 5 nitrogen and oxygen atoms in total. The summed E-state index contributed by atoms with van der Waals surface area (Å²) in [5.41, 5.74) is 3.05. The number of nitrogens with zero attached hydrogens (tertiary/aromatic N) is 4. The van der Waals surface area contributed by atoms with Gasteiger partial charge in [-0.1, -0.05) is 43.2 Å². The number of amides is 1. The molecule has 4 rings (SSSR count). The molecule has 2 fully saturated rings. The lowest BCUT2D eigenvalue weighted by Gasteiger charge is -2.34. The number of carbonyl (C=O) groups excluding carboxylic acids is 1. The van der Waals surface area contributed by atoms with Crippen LogP contribution < -0.4 is 4.90 Å². The van der Waals surface area contributed by atoms with Gasteiger partial charge < -0.3 is 9.80 Å². The molecule has 2 aromatic rings. The molecule has 0 radical (unpaired) electrons. The van der Waals surface area contributed by atoms with Gasteiger partial charge in [0.2, 0.25) is 0 Å². The van der Waals surface area contributed by atoms with Gasteiger partial charge in [-0.3, -0.25) is 14.7 Å². The van der Waals surface area contributed by atoms with Crippen molar-refractivity contribution in [1.82, 2.24) is 14.8 Å². The van der Waals surface area contributed by atoms with Gasteiger partial charge in [-0.15, -0.1) is 0 Å². The van der Waals surface area contributed by atoms with Crippen molar-refractivity contribution in [2.45, 2.75) is 32.2 Å². The number of benzene rings is 1. The minimum atomic E-state index is 0.0658. The Hall–Kier alpha value is -2.40. The van der Waals surface area contributed by atoms with E-state index in [1.807, 2.05) is 23.1 Å². The predicted molar refractivity (Wildman–Crippen MR) is 113 cm³/mol. The fraction of sp³-hybridized carbons (Fsp3) is 0.478. The van der Waals surface area contributed by atoms with Crippen LogP contribution in [0.3, 0.4) is 0 Å². The van der Waals surface area contributed by atoms with E-state index in [2.05, 4.69) is 39.0 Å². The SMILES string of the molecule is O=C(c1cc(N2CCCCCC2)ccn1)N1CCN(Cc2ccccc2)CC1. The van der Waals surface area contributed by atoms with Gasteiger partial charge in [-0.25, -0.2) is 0 Å². The van der Waals surface area contributed by atoms with Crippen LogP contribution in [-0.4, -0.2) is 60.0 Å². The highest BCUT2D eigenvalue weighted by atomic mass is 16.2. The van der Waals surface area contributed by atoms with Crippen LogP contribution in [-0.2, 0) is 6.54 Å². The Morgan fingerprint density at radius 2 is 1.57 bits per heavy atom. The lowest BCUT2D eigenvalue weighted by Crippen LogP contribution is -2.48. The second-order valence-electron chi connectivity index (χ2n) is 7.85. The number of aromatic nitrogens is 1. The largest absolute Gasteiger partial charge is 0.371 e. The molecule has 1 aromatic heterocycles. The first kappa shape index (κ1) is 18.9.